The number of hydrogen-bond donors (Lipinski definition) is 1. The zero-order valence-electron chi connectivity index (χ0n) is 10.7. The van der Waals surface area contributed by atoms with Crippen molar-refractivity contribution in [3.8, 4) is 5.69 Å². The smallest absolute Gasteiger partial charge is 0.0819 e. The van der Waals surface area contributed by atoms with Crippen molar-refractivity contribution < 1.29 is 0 Å². The van der Waals surface area contributed by atoms with E-state index in [-0.39, 0.29) is 0 Å². The molecule has 1 aliphatic carbocycles. The van der Waals surface area contributed by atoms with Crippen LogP contribution in [0.5, 0.6) is 0 Å². The molecule has 1 saturated carbocycles. The molecule has 0 saturated heterocycles. The lowest BCUT2D eigenvalue weighted by atomic mass is 10.2. The van der Waals surface area contributed by atoms with Crippen LogP contribution in [0.4, 0.5) is 0 Å². The summed E-state index contributed by atoms with van der Waals surface area (Å²) in [5.41, 5.74) is 3.12. The van der Waals surface area contributed by atoms with E-state index in [0.717, 1.165) is 28.4 Å². The molecule has 0 aliphatic heterocycles. The van der Waals surface area contributed by atoms with Gasteiger partial charge < -0.3 is 5.32 Å². The molecule has 0 spiro atoms. The maximum Gasteiger partial charge on any atom is 0.0819 e. The van der Waals surface area contributed by atoms with Gasteiger partial charge in [0.15, 0.2) is 0 Å². The van der Waals surface area contributed by atoms with Crippen LogP contribution in [0.15, 0.2) is 28.9 Å². The molecule has 0 amide bonds. The van der Waals surface area contributed by atoms with Crippen LogP contribution in [0.25, 0.3) is 5.69 Å². The van der Waals surface area contributed by atoms with Gasteiger partial charge in [-0.3, -0.25) is 0 Å². The molecule has 1 aromatic heterocycles. The molecule has 3 nitrogen and oxygen atoms in total. The number of halogens is 2. The molecule has 100 valence electrons. The maximum atomic E-state index is 6.04. The third-order valence-electron chi connectivity index (χ3n) is 3.30. The van der Waals surface area contributed by atoms with Crippen LogP contribution >= 0.6 is 27.5 Å². The minimum absolute atomic E-state index is 0.690. The molecule has 1 fully saturated rings. The molecule has 0 radical (unpaired) electrons. The van der Waals surface area contributed by atoms with Crippen molar-refractivity contribution in [3.05, 3.63) is 45.1 Å². The molecule has 19 heavy (non-hydrogen) atoms. The summed E-state index contributed by atoms with van der Waals surface area (Å²) in [6, 6.07) is 6.99. The average molecular weight is 341 g/mol. The number of aromatic nitrogens is 2. The molecule has 1 heterocycles. The van der Waals surface area contributed by atoms with E-state index in [2.05, 4.69) is 44.5 Å². The van der Waals surface area contributed by atoms with Gasteiger partial charge in [0.05, 0.1) is 16.4 Å². The van der Waals surface area contributed by atoms with Crippen molar-refractivity contribution in [2.45, 2.75) is 32.4 Å². The number of hydrogen-bond acceptors (Lipinski definition) is 2. The molecule has 1 N–H and O–H groups in total. The summed E-state index contributed by atoms with van der Waals surface area (Å²) in [4.78, 5) is 0. The first-order valence-corrected chi connectivity index (χ1v) is 7.54. The lowest BCUT2D eigenvalue weighted by Crippen LogP contribution is -2.15. The van der Waals surface area contributed by atoms with Gasteiger partial charge in [-0.05, 0) is 37.5 Å². The molecular formula is C14H15BrClN3. The Bertz CT molecular complexity index is 585. The molecule has 1 aromatic carbocycles. The second-order valence-electron chi connectivity index (χ2n) is 4.94. The first-order valence-electron chi connectivity index (χ1n) is 6.37. The van der Waals surface area contributed by atoms with E-state index in [4.69, 9.17) is 11.6 Å². The predicted molar refractivity (Wildman–Crippen MR) is 80.9 cm³/mol. The highest BCUT2D eigenvalue weighted by Crippen LogP contribution is 2.24. The van der Waals surface area contributed by atoms with Gasteiger partial charge in [-0.15, -0.1) is 0 Å². The number of nitrogens with one attached hydrogen (secondary N) is 1. The van der Waals surface area contributed by atoms with E-state index in [1.165, 1.54) is 18.4 Å². The zero-order valence-corrected chi connectivity index (χ0v) is 13.0. The Morgan fingerprint density at radius 3 is 2.84 bits per heavy atom. The number of benzene rings is 1. The predicted octanol–water partition coefficient (Wildman–Crippen LogP) is 3.85. The number of nitrogens with zero attached hydrogens (tertiary/aromatic N) is 2. The second kappa shape index (κ2) is 5.27. The highest BCUT2D eigenvalue weighted by molar-refractivity contribution is 9.10. The first-order chi connectivity index (χ1) is 9.13. The second-order valence-corrected chi connectivity index (χ2v) is 6.20. The van der Waals surface area contributed by atoms with Crippen LogP contribution in [0, 0.1) is 6.92 Å². The molecule has 2 aromatic rings. The van der Waals surface area contributed by atoms with Crippen molar-refractivity contribution in [3.63, 3.8) is 0 Å². The molecular weight excluding hydrogens is 326 g/mol. The summed E-state index contributed by atoms with van der Waals surface area (Å²) >= 11 is 9.66. The Hall–Kier alpha value is -0.840. The van der Waals surface area contributed by atoms with Crippen LogP contribution in [0.1, 0.15) is 24.1 Å². The fourth-order valence-electron chi connectivity index (χ4n) is 1.94. The van der Waals surface area contributed by atoms with Crippen LogP contribution < -0.4 is 5.32 Å². The summed E-state index contributed by atoms with van der Waals surface area (Å²) in [6.45, 7) is 2.81. The SMILES string of the molecule is Cc1nn(-c2ccc(CNC3CC3)c(Br)c2)cc1Cl. The van der Waals surface area contributed by atoms with Gasteiger partial charge in [0.1, 0.15) is 0 Å². The molecule has 0 bridgehead atoms. The van der Waals surface area contributed by atoms with Crippen molar-refractivity contribution in [1.29, 1.82) is 0 Å². The van der Waals surface area contributed by atoms with Gasteiger partial charge in [0.2, 0.25) is 0 Å². The molecule has 5 heteroatoms. The Morgan fingerprint density at radius 2 is 2.26 bits per heavy atom. The van der Waals surface area contributed by atoms with Gasteiger partial charge in [0, 0.05) is 23.3 Å². The summed E-state index contributed by atoms with van der Waals surface area (Å²) in [5, 5.41) is 8.59. The van der Waals surface area contributed by atoms with E-state index in [9.17, 15) is 0 Å². The number of rotatable bonds is 4. The van der Waals surface area contributed by atoms with Crippen molar-refractivity contribution >= 4 is 27.5 Å². The molecule has 0 unspecified atom stereocenters. The van der Waals surface area contributed by atoms with Crippen LogP contribution in [0.2, 0.25) is 5.02 Å². The maximum absolute atomic E-state index is 6.04. The van der Waals surface area contributed by atoms with Gasteiger partial charge in [-0.1, -0.05) is 33.6 Å². The highest BCUT2D eigenvalue weighted by atomic mass is 79.9. The Kier molecular flexibility index (Phi) is 3.65. The summed E-state index contributed by atoms with van der Waals surface area (Å²) in [5.74, 6) is 0. The van der Waals surface area contributed by atoms with Gasteiger partial charge >= 0.3 is 0 Å². The monoisotopic (exact) mass is 339 g/mol. The standard InChI is InChI=1S/C14H15BrClN3/c1-9-14(16)8-19(18-9)12-5-2-10(13(15)6-12)7-17-11-3-4-11/h2,5-6,8,11,17H,3-4,7H2,1H3. The van der Waals surface area contributed by atoms with E-state index in [1.807, 2.05) is 13.1 Å². The normalized spacial score (nSPS) is 14.9. The van der Waals surface area contributed by atoms with E-state index in [1.54, 1.807) is 4.68 Å². The first kappa shape index (κ1) is 13.2. The van der Waals surface area contributed by atoms with Crippen LogP contribution in [0.3, 0.4) is 0 Å². The van der Waals surface area contributed by atoms with Gasteiger partial charge in [0.25, 0.3) is 0 Å². The fraction of sp³-hybridized carbons (Fsp3) is 0.357. The van der Waals surface area contributed by atoms with Crippen LogP contribution in [-0.2, 0) is 6.54 Å². The number of aryl methyl sites for hydroxylation is 1. The summed E-state index contributed by atoms with van der Waals surface area (Å²) in [6.07, 6.45) is 4.45. The molecule has 3 rings (SSSR count). The largest absolute Gasteiger partial charge is 0.310 e. The average Bonchev–Trinajstić information content (AvgIpc) is 3.14. The Labute approximate surface area is 126 Å². The van der Waals surface area contributed by atoms with Crippen LogP contribution in [-0.4, -0.2) is 15.8 Å². The fourth-order valence-corrected chi connectivity index (χ4v) is 2.57. The third kappa shape index (κ3) is 3.02. The Balaban J connectivity index is 1.81. The minimum Gasteiger partial charge on any atom is -0.310 e. The van der Waals surface area contributed by atoms with Gasteiger partial charge in [-0.25, -0.2) is 4.68 Å². The van der Waals surface area contributed by atoms with E-state index in [0.29, 0.717) is 5.02 Å². The van der Waals surface area contributed by atoms with Crippen molar-refractivity contribution in [2.24, 2.45) is 0 Å². The van der Waals surface area contributed by atoms with Crippen molar-refractivity contribution in [1.82, 2.24) is 15.1 Å². The molecule has 0 atom stereocenters. The third-order valence-corrected chi connectivity index (χ3v) is 4.41. The Morgan fingerprint density at radius 1 is 1.47 bits per heavy atom. The summed E-state index contributed by atoms with van der Waals surface area (Å²) < 4.78 is 2.91. The lowest BCUT2D eigenvalue weighted by Gasteiger charge is -2.08. The van der Waals surface area contributed by atoms with E-state index < -0.39 is 0 Å². The van der Waals surface area contributed by atoms with Crippen molar-refractivity contribution in [2.75, 3.05) is 0 Å². The highest BCUT2D eigenvalue weighted by Gasteiger charge is 2.20. The minimum atomic E-state index is 0.690. The summed E-state index contributed by atoms with van der Waals surface area (Å²) in [7, 11) is 0. The lowest BCUT2D eigenvalue weighted by molar-refractivity contribution is 0.685. The topological polar surface area (TPSA) is 29.9 Å². The van der Waals surface area contributed by atoms with E-state index >= 15 is 0 Å². The molecule has 1 aliphatic rings. The quantitative estimate of drug-likeness (QED) is 0.916. The zero-order chi connectivity index (χ0) is 13.4. The van der Waals surface area contributed by atoms with Gasteiger partial charge in [-0.2, -0.15) is 5.10 Å².